The maximum Gasteiger partial charge on any atom is 0.0725 e. The molecule has 0 atom stereocenters. The minimum absolute atomic E-state index is 0.926. The van der Waals surface area contributed by atoms with Gasteiger partial charge in [0.25, 0.3) is 0 Å². The molecule has 0 fully saturated rings. The van der Waals surface area contributed by atoms with E-state index in [1.165, 1.54) is 22.3 Å². The van der Waals surface area contributed by atoms with Gasteiger partial charge in [0.1, 0.15) is 0 Å². The molecule has 1 N–H and O–H groups in total. The fourth-order valence-corrected chi connectivity index (χ4v) is 2.13. The number of hydrogen-bond acceptors (Lipinski definition) is 2. The van der Waals surface area contributed by atoms with E-state index < -0.39 is 0 Å². The van der Waals surface area contributed by atoms with Crippen molar-refractivity contribution in [2.75, 3.05) is 11.9 Å². The Morgan fingerprint density at radius 3 is 2.44 bits per heavy atom. The molecule has 2 nitrogen and oxygen atoms in total. The van der Waals surface area contributed by atoms with Gasteiger partial charge >= 0.3 is 0 Å². The second kappa shape index (κ2) is 5.21. The average molecular weight is 240 g/mol. The van der Waals surface area contributed by atoms with Gasteiger partial charge in [0.15, 0.2) is 0 Å². The third kappa shape index (κ3) is 2.53. The van der Waals surface area contributed by atoms with Crippen molar-refractivity contribution >= 4 is 5.69 Å². The minimum Gasteiger partial charge on any atom is -0.385 e. The van der Waals surface area contributed by atoms with Crippen LogP contribution in [0, 0.1) is 20.8 Å². The van der Waals surface area contributed by atoms with Crippen LogP contribution < -0.4 is 5.32 Å². The molecule has 0 saturated carbocycles. The summed E-state index contributed by atoms with van der Waals surface area (Å²) in [6, 6.07) is 8.57. The fraction of sp³-hybridized carbons (Fsp3) is 0.312. The van der Waals surface area contributed by atoms with Crippen LogP contribution in [0.4, 0.5) is 5.69 Å². The van der Waals surface area contributed by atoms with E-state index in [1.807, 2.05) is 12.3 Å². The maximum absolute atomic E-state index is 4.48. The van der Waals surface area contributed by atoms with Gasteiger partial charge in [0.2, 0.25) is 0 Å². The minimum atomic E-state index is 0.926. The SMILES string of the molecule is CCNc1ccnc(-c2cc(C)c(C)cc2C)c1. The number of benzene rings is 1. The summed E-state index contributed by atoms with van der Waals surface area (Å²) < 4.78 is 0. The number of rotatable bonds is 3. The Hall–Kier alpha value is -1.83. The second-order valence-corrected chi connectivity index (χ2v) is 4.71. The van der Waals surface area contributed by atoms with Crippen LogP contribution in [0.25, 0.3) is 11.3 Å². The number of aromatic nitrogens is 1. The van der Waals surface area contributed by atoms with Gasteiger partial charge in [0.05, 0.1) is 5.69 Å². The number of nitrogens with zero attached hydrogens (tertiary/aromatic N) is 1. The molecule has 0 spiro atoms. The van der Waals surface area contributed by atoms with Crippen LogP contribution in [0.1, 0.15) is 23.6 Å². The lowest BCUT2D eigenvalue weighted by molar-refractivity contribution is 1.20. The molecule has 0 radical (unpaired) electrons. The third-order valence-electron chi connectivity index (χ3n) is 3.26. The van der Waals surface area contributed by atoms with E-state index in [0.717, 1.165) is 17.9 Å². The molecular weight excluding hydrogens is 220 g/mol. The highest BCUT2D eigenvalue weighted by molar-refractivity contribution is 5.68. The van der Waals surface area contributed by atoms with Gasteiger partial charge in [-0.25, -0.2) is 0 Å². The van der Waals surface area contributed by atoms with Crippen molar-refractivity contribution in [3.8, 4) is 11.3 Å². The maximum atomic E-state index is 4.48. The second-order valence-electron chi connectivity index (χ2n) is 4.71. The molecule has 0 bridgehead atoms. The van der Waals surface area contributed by atoms with Gasteiger partial charge < -0.3 is 5.32 Å². The molecule has 0 aliphatic carbocycles. The first-order valence-corrected chi connectivity index (χ1v) is 6.40. The first-order chi connectivity index (χ1) is 8.61. The summed E-state index contributed by atoms with van der Waals surface area (Å²) in [5.41, 5.74) is 7.30. The van der Waals surface area contributed by atoms with E-state index in [9.17, 15) is 0 Å². The molecular formula is C16H20N2. The van der Waals surface area contributed by atoms with Gasteiger partial charge in [-0.15, -0.1) is 0 Å². The Morgan fingerprint density at radius 1 is 1.00 bits per heavy atom. The number of hydrogen-bond donors (Lipinski definition) is 1. The normalized spacial score (nSPS) is 10.4. The van der Waals surface area contributed by atoms with E-state index in [4.69, 9.17) is 0 Å². The molecule has 1 aromatic heterocycles. The van der Waals surface area contributed by atoms with Gasteiger partial charge in [-0.05, 0) is 62.6 Å². The van der Waals surface area contributed by atoms with Crippen molar-refractivity contribution in [3.05, 3.63) is 47.2 Å². The van der Waals surface area contributed by atoms with Gasteiger partial charge in [-0.2, -0.15) is 0 Å². The van der Waals surface area contributed by atoms with Crippen LogP contribution in [0.3, 0.4) is 0 Å². The fourth-order valence-electron chi connectivity index (χ4n) is 2.13. The highest BCUT2D eigenvalue weighted by Crippen LogP contribution is 2.26. The highest BCUT2D eigenvalue weighted by Gasteiger charge is 2.06. The van der Waals surface area contributed by atoms with E-state index >= 15 is 0 Å². The zero-order chi connectivity index (χ0) is 13.1. The Labute approximate surface area is 109 Å². The van der Waals surface area contributed by atoms with Crippen LogP contribution >= 0.6 is 0 Å². The molecule has 0 amide bonds. The molecule has 2 rings (SSSR count). The summed E-state index contributed by atoms with van der Waals surface area (Å²) in [4.78, 5) is 4.48. The first kappa shape index (κ1) is 12.6. The number of anilines is 1. The lowest BCUT2D eigenvalue weighted by atomic mass is 9.98. The van der Waals surface area contributed by atoms with Gasteiger partial charge in [-0.3, -0.25) is 4.98 Å². The number of aryl methyl sites for hydroxylation is 3. The zero-order valence-corrected chi connectivity index (χ0v) is 11.5. The predicted octanol–water partition coefficient (Wildman–Crippen LogP) is 4.11. The van der Waals surface area contributed by atoms with E-state index in [2.05, 4.69) is 56.2 Å². The Bertz CT molecular complexity index is 559. The molecule has 0 aliphatic rings. The summed E-state index contributed by atoms with van der Waals surface area (Å²) in [6.07, 6.45) is 1.86. The Kier molecular flexibility index (Phi) is 3.66. The van der Waals surface area contributed by atoms with E-state index in [-0.39, 0.29) is 0 Å². The average Bonchev–Trinajstić information content (AvgIpc) is 2.34. The first-order valence-electron chi connectivity index (χ1n) is 6.40. The molecule has 0 saturated heterocycles. The molecule has 1 heterocycles. The summed E-state index contributed by atoms with van der Waals surface area (Å²) in [7, 11) is 0. The largest absolute Gasteiger partial charge is 0.385 e. The van der Waals surface area contributed by atoms with Crippen LogP contribution in [0.5, 0.6) is 0 Å². The smallest absolute Gasteiger partial charge is 0.0725 e. The van der Waals surface area contributed by atoms with Crippen molar-refractivity contribution in [2.24, 2.45) is 0 Å². The highest BCUT2D eigenvalue weighted by atomic mass is 14.9. The summed E-state index contributed by atoms with van der Waals surface area (Å²) >= 11 is 0. The van der Waals surface area contributed by atoms with E-state index in [1.54, 1.807) is 0 Å². The summed E-state index contributed by atoms with van der Waals surface area (Å²) in [5.74, 6) is 0. The molecule has 18 heavy (non-hydrogen) atoms. The molecule has 0 unspecified atom stereocenters. The van der Waals surface area contributed by atoms with E-state index in [0.29, 0.717) is 0 Å². The van der Waals surface area contributed by atoms with Crippen LogP contribution in [-0.4, -0.2) is 11.5 Å². The van der Waals surface area contributed by atoms with Gasteiger partial charge in [0, 0.05) is 24.0 Å². The number of pyridine rings is 1. The molecule has 0 aliphatic heterocycles. The van der Waals surface area contributed by atoms with Crippen molar-refractivity contribution in [1.29, 1.82) is 0 Å². The van der Waals surface area contributed by atoms with Crippen molar-refractivity contribution < 1.29 is 0 Å². The standard InChI is InChI=1S/C16H20N2/c1-5-17-14-6-7-18-16(10-14)15-9-12(3)11(2)8-13(15)4/h6-10H,5H2,1-4H3,(H,17,18). The van der Waals surface area contributed by atoms with Crippen LogP contribution in [0.2, 0.25) is 0 Å². The summed E-state index contributed by atoms with van der Waals surface area (Å²) in [6.45, 7) is 9.46. The topological polar surface area (TPSA) is 24.9 Å². The van der Waals surface area contributed by atoms with Crippen molar-refractivity contribution in [3.63, 3.8) is 0 Å². The molecule has 1 aromatic carbocycles. The van der Waals surface area contributed by atoms with Crippen LogP contribution in [0.15, 0.2) is 30.5 Å². The quantitative estimate of drug-likeness (QED) is 0.873. The van der Waals surface area contributed by atoms with Gasteiger partial charge in [-0.1, -0.05) is 6.07 Å². The number of nitrogens with one attached hydrogen (secondary N) is 1. The lowest BCUT2D eigenvalue weighted by Gasteiger charge is -2.11. The lowest BCUT2D eigenvalue weighted by Crippen LogP contribution is -1.98. The van der Waals surface area contributed by atoms with Crippen LogP contribution in [-0.2, 0) is 0 Å². The predicted molar refractivity (Wildman–Crippen MR) is 78.0 cm³/mol. The monoisotopic (exact) mass is 240 g/mol. The third-order valence-corrected chi connectivity index (χ3v) is 3.26. The zero-order valence-electron chi connectivity index (χ0n) is 11.5. The Morgan fingerprint density at radius 2 is 1.72 bits per heavy atom. The Balaban J connectivity index is 2.48. The molecule has 2 heteroatoms. The summed E-state index contributed by atoms with van der Waals surface area (Å²) in [5, 5.41) is 3.32. The van der Waals surface area contributed by atoms with Crippen molar-refractivity contribution in [1.82, 2.24) is 4.98 Å². The molecule has 2 aromatic rings. The van der Waals surface area contributed by atoms with Crippen molar-refractivity contribution in [2.45, 2.75) is 27.7 Å². The molecule has 94 valence electrons.